The Labute approximate surface area is 62.2 Å². The largest absolute Gasteiger partial charge is 0.298 e. The molecule has 0 saturated carbocycles. The van der Waals surface area contributed by atoms with Gasteiger partial charge in [0.25, 0.3) is 0 Å². The molecule has 58 valence electrons. The summed E-state index contributed by atoms with van der Waals surface area (Å²) in [5, 5.41) is 0. The van der Waals surface area contributed by atoms with E-state index in [0.29, 0.717) is 11.8 Å². The highest BCUT2D eigenvalue weighted by atomic mass is 16.1. The van der Waals surface area contributed by atoms with Gasteiger partial charge >= 0.3 is 0 Å². The first-order valence-corrected chi connectivity index (χ1v) is 3.87. The van der Waals surface area contributed by atoms with Crippen LogP contribution in [0.4, 0.5) is 0 Å². The molecule has 1 heterocycles. The topological polar surface area (TPSA) is 20.3 Å². The van der Waals surface area contributed by atoms with Crippen LogP contribution in [0.3, 0.4) is 0 Å². The Balaban J connectivity index is 2.60. The van der Waals surface area contributed by atoms with Gasteiger partial charge in [0.15, 0.2) is 0 Å². The van der Waals surface area contributed by atoms with Crippen LogP contribution >= 0.6 is 0 Å². The maximum atomic E-state index is 11.1. The van der Waals surface area contributed by atoms with Gasteiger partial charge in [-0.05, 0) is 27.3 Å². The predicted octanol–water partition coefficient (Wildman–Crippen LogP) is 1.06. The summed E-state index contributed by atoms with van der Waals surface area (Å²) in [5.41, 5.74) is 0. The monoisotopic (exact) mass is 141 g/mol. The quantitative estimate of drug-likeness (QED) is 0.502. The van der Waals surface area contributed by atoms with Gasteiger partial charge in [-0.25, -0.2) is 0 Å². The third-order valence-corrected chi connectivity index (χ3v) is 2.58. The van der Waals surface area contributed by atoms with Gasteiger partial charge in [0.2, 0.25) is 0 Å². The number of ketones is 1. The van der Waals surface area contributed by atoms with Crippen molar-refractivity contribution in [1.29, 1.82) is 0 Å². The fraction of sp³-hybridized carbons (Fsp3) is 0.875. The lowest BCUT2D eigenvalue weighted by molar-refractivity contribution is -0.127. The molecule has 0 amide bonds. The van der Waals surface area contributed by atoms with Crippen LogP contribution in [-0.4, -0.2) is 29.8 Å². The smallest absolute Gasteiger partial charge is 0.149 e. The predicted molar refractivity (Wildman–Crippen MR) is 40.9 cm³/mol. The van der Waals surface area contributed by atoms with Crippen LogP contribution in [0, 0.1) is 0 Å². The molecule has 2 unspecified atom stereocenters. The lowest BCUT2D eigenvalue weighted by atomic mass is 9.97. The molecule has 0 N–H and O–H groups in total. The maximum absolute atomic E-state index is 11.1. The van der Waals surface area contributed by atoms with Gasteiger partial charge in [-0.1, -0.05) is 0 Å². The van der Waals surface area contributed by atoms with Crippen LogP contribution < -0.4 is 0 Å². The Morgan fingerprint density at radius 2 is 2.10 bits per heavy atom. The highest BCUT2D eigenvalue weighted by Crippen LogP contribution is 2.16. The van der Waals surface area contributed by atoms with Crippen molar-refractivity contribution >= 4 is 5.78 Å². The molecule has 1 rings (SSSR count). The second kappa shape index (κ2) is 2.70. The zero-order valence-electron chi connectivity index (χ0n) is 6.92. The van der Waals surface area contributed by atoms with Gasteiger partial charge < -0.3 is 0 Å². The van der Waals surface area contributed by atoms with Gasteiger partial charge in [-0.15, -0.1) is 0 Å². The molecule has 0 bridgehead atoms. The third-order valence-electron chi connectivity index (χ3n) is 2.58. The van der Waals surface area contributed by atoms with Crippen LogP contribution in [0.5, 0.6) is 0 Å². The van der Waals surface area contributed by atoms with Gasteiger partial charge in [-0.3, -0.25) is 9.69 Å². The van der Waals surface area contributed by atoms with Gasteiger partial charge in [-0.2, -0.15) is 0 Å². The molecule has 1 fully saturated rings. The van der Waals surface area contributed by atoms with E-state index in [1.165, 1.54) is 0 Å². The van der Waals surface area contributed by atoms with E-state index in [1.807, 2.05) is 14.0 Å². The molecule has 0 radical (unpaired) electrons. The Morgan fingerprint density at radius 1 is 1.50 bits per heavy atom. The van der Waals surface area contributed by atoms with Crippen LogP contribution in [0.1, 0.15) is 26.7 Å². The first-order chi connectivity index (χ1) is 4.63. The fourth-order valence-corrected chi connectivity index (χ4v) is 1.37. The second-order valence-corrected chi connectivity index (χ2v) is 3.20. The third kappa shape index (κ3) is 1.21. The van der Waals surface area contributed by atoms with Gasteiger partial charge in [0.1, 0.15) is 5.78 Å². The summed E-state index contributed by atoms with van der Waals surface area (Å²) >= 11 is 0. The lowest BCUT2D eigenvalue weighted by Crippen LogP contribution is -2.46. The van der Waals surface area contributed by atoms with Crippen LogP contribution in [0.2, 0.25) is 0 Å². The Bertz CT molecular complexity index is 144. The number of likely N-dealkylation sites (N-methyl/N-ethyl adjacent to an activating group) is 1. The minimum Gasteiger partial charge on any atom is -0.298 e. The number of carbonyl (C=O) groups excluding carboxylic acids is 1. The number of Topliss-reactive ketones (excluding diaryl/α,β-unsaturated/α-hetero) is 1. The molecule has 0 aromatic heterocycles. The first kappa shape index (κ1) is 7.73. The van der Waals surface area contributed by atoms with Crippen molar-refractivity contribution in [3.8, 4) is 0 Å². The molecule has 0 aromatic rings. The van der Waals surface area contributed by atoms with Crippen LogP contribution in [0.25, 0.3) is 0 Å². The normalized spacial score (nSPS) is 36.5. The summed E-state index contributed by atoms with van der Waals surface area (Å²) in [6.45, 7) is 4.15. The average Bonchev–Trinajstić information content (AvgIpc) is 1.93. The van der Waals surface area contributed by atoms with E-state index in [9.17, 15) is 4.79 Å². The maximum Gasteiger partial charge on any atom is 0.149 e. The highest BCUT2D eigenvalue weighted by Gasteiger charge is 2.27. The molecular weight excluding hydrogens is 126 g/mol. The highest BCUT2D eigenvalue weighted by molar-refractivity contribution is 5.84. The molecule has 10 heavy (non-hydrogen) atoms. The molecule has 1 aliphatic heterocycles. The van der Waals surface area contributed by atoms with Crippen molar-refractivity contribution in [2.45, 2.75) is 38.8 Å². The van der Waals surface area contributed by atoms with E-state index in [4.69, 9.17) is 0 Å². The number of hydrogen-bond acceptors (Lipinski definition) is 2. The van der Waals surface area contributed by atoms with Gasteiger partial charge in [0.05, 0.1) is 6.04 Å². The summed E-state index contributed by atoms with van der Waals surface area (Å²) in [6, 6.07) is 0.719. The summed E-state index contributed by atoms with van der Waals surface area (Å²) in [6.07, 6.45) is 1.80. The SMILES string of the molecule is CC1CCC(=O)C(C)N1C. The molecule has 0 spiro atoms. The van der Waals surface area contributed by atoms with E-state index in [1.54, 1.807) is 0 Å². The zero-order chi connectivity index (χ0) is 7.72. The number of likely N-dealkylation sites (tertiary alicyclic amines) is 1. The number of nitrogens with zero attached hydrogens (tertiary/aromatic N) is 1. The summed E-state index contributed by atoms with van der Waals surface area (Å²) in [5.74, 6) is 0.389. The number of piperidine rings is 1. The van der Waals surface area contributed by atoms with Crippen molar-refractivity contribution in [2.75, 3.05) is 7.05 Å². The van der Waals surface area contributed by atoms with E-state index >= 15 is 0 Å². The molecular formula is C8H15NO. The van der Waals surface area contributed by atoms with Crippen molar-refractivity contribution < 1.29 is 4.79 Å². The summed E-state index contributed by atoms with van der Waals surface area (Å²) in [7, 11) is 2.02. The zero-order valence-corrected chi connectivity index (χ0v) is 6.92. The Morgan fingerprint density at radius 3 is 2.60 bits per heavy atom. The minimum atomic E-state index is 0.142. The van der Waals surface area contributed by atoms with Gasteiger partial charge in [0, 0.05) is 12.5 Å². The van der Waals surface area contributed by atoms with Crippen molar-refractivity contribution in [3.63, 3.8) is 0 Å². The molecule has 0 aliphatic carbocycles. The van der Waals surface area contributed by atoms with Crippen molar-refractivity contribution in [2.24, 2.45) is 0 Å². The Hall–Kier alpha value is -0.370. The average molecular weight is 141 g/mol. The molecule has 2 nitrogen and oxygen atoms in total. The molecule has 1 aliphatic rings. The summed E-state index contributed by atoms with van der Waals surface area (Å²) < 4.78 is 0. The van der Waals surface area contributed by atoms with Crippen LogP contribution in [-0.2, 0) is 4.79 Å². The van der Waals surface area contributed by atoms with Crippen molar-refractivity contribution in [1.82, 2.24) is 4.90 Å². The molecule has 0 aromatic carbocycles. The number of carbonyl (C=O) groups is 1. The van der Waals surface area contributed by atoms with E-state index in [2.05, 4.69) is 11.8 Å². The molecule has 1 saturated heterocycles. The van der Waals surface area contributed by atoms with E-state index in [-0.39, 0.29) is 6.04 Å². The van der Waals surface area contributed by atoms with Crippen molar-refractivity contribution in [3.05, 3.63) is 0 Å². The molecule has 2 heteroatoms. The lowest BCUT2D eigenvalue weighted by Gasteiger charge is -2.34. The fourth-order valence-electron chi connectivity index (χ4n) is 1.37. The molecule has 2 atom stereocenters. The van der Waals surface area contributed by atoms with E-state index < -0.39 is 0 Å². The first-order valence-electron chi connectivity index (χ1n) is 3.87. The second-order valence-electron chi connectivity index (χ2n) is 3.20. The number of hydrogen-bond donors (Lipinski definition) is 0. The van der Waals surface area contributed by atoms with Crippen LogP contribution in [0.15, 0.2) is 0 Å². The van der Waals surface area contributed by atoms with E-state index in [0.717, 1.165) is 12.8 Å². The summed E-state index contributed by atoms with van der Waals surface area (Å²) in [4.78, 5) is 13.3. The standard InChI is InChI=1S/C8H15NO/c1-6-4-5-8(10)7(2)9(6)3/h6-7H,4-5H2,1-3H3. The number of rotatable bonds is 0. The Kier molecular flexibility index (Phi) is 2.09. The minimum absolute atomic E-state index is 0.142.